The van der Waals surface area contributed by atoms with Gasteiger partial charge in [0, 0.05) is 31.2 Å². The van der Waals surface area contributed by atoms with E-state index >= 15 is 0 Å². The second kappa shape index (κ2) is 4.46. The third kappa shape index (κ3) is 2.40. The molecule has 1 aliphatic carbocycles. The summed E-state index contributed by atoms with van der Waals surface area (Å²) in [5.41, 5.74) is 0.389. The van der Waals surface area contributed by atoms with Gasteiger partial charge in [0.05, 0.1) is 19.8 Å². The van der Waals surface area contributed by atoms with Gasteiger partial charge in [0.25, 0.3) is 0 Å². The van der Waals surface area contributed by atoms with Crippen molar-refractivity contribution in [1.29, 1.82) is 0 Å². The van der Waals surface area contributed by atoms with Crippen molar-refractivity contribution in [2.75, 3.05) is 39.4 Å². The standard InChI is InChI=1S/C12H22N4O/c1-10-8-13-11(15-10)14-9-12(2-3-12)16-4-6-17-7-5-16/h10H,2-9H2,1H3,(H2,13,14,15). The first-order chi connectivity index (χ1) is 8.28. The molecule has 2 fully saturated rings. The van der Waals surface area contributed by atoms with Crippen LogP contribution < -0.4 is 10.6 Å². The summed E-state index contributed by atoms with van der Waals surface area (Å²) in [6.07, 6.45) is 2.62. The molecule has 5 nitrogen and oxygen atoms in total. The van der Waals surface area contributed by atoms with Crippen LogP contribution in [0.25, 0.3) is 0 Å². The Labute approximate surface area is 103 Å². The van der Waals surface area contributed by atoms with Crippen molar-refractivity contribution in [2.24, 2.45) is 4.99 Å². The van der Waals surface area contributed by atoms with E-state index in [-0.39, 0.29) is 0 Å². The molecule has 0 aromatic rings. The van der Waals surface area contributed by atoms with Gasteiger partial charge in [-0.15, -0.1) is 0 Å². The number of aliphatic imine (C=N–C) groups is 1. The Morgan fingerprint density at radius 1 is 1.47 bits per heavy atom. The molecule has 0 bridgehead atoms. The maximum atomic E-state index is 5.42. The molecule has 0 spiro atoms. The Bertz CT molecular complexity index is 308. The van der Waals surface area contributed by atoms with E-state index in [1.165, 1.54) is 12.8 Å². The largest absolute Gasteiger partial charge is 0.379 e. The van der Waals surface area contributed by atoms with Gasteiger partial charge >= 0.3 is 0 Å². The summed E-state index contributed by atoms with van der Waals surface area (Å²) in [6.45, 7) is 8.01. The monoisotopic (exact) mass is 238 g/mol. The zero-order valence-corrected chi connectivity index (χ0v) is 10.5. The number of morpholine rings is 1. The van der Waals surface area contributed by atoms with Crippen molar-refractivity contribution in [3.05, 3.63) is 0 Å². The fraction of sp³-hybridized carbons (Fsp3) is 0.917. The van der Waals surface area contributed by atoms with Crippen molar-refractivity contribution in [3.8, 4) is 0 Å². The molecule has 96 valence electrons. The van der Waals surface area contributed by atoms with Crippen LogP contribution in [0.2, 0.25) is 0 Å². The van der Waals surface area contributed by atoms with Gasteiger partial charge in [0.1, 0.15) is 0 Å². The number of rotatable bonds is 3. The average Bonchev–Trinajstić information content (AvgIpc) is 3.05. The molecule has 3 aliphatic rings. The van der Waals surface area contributed by atoms with Crippen LogP contribution in [0.1, 0.15) is 19.8 Å². The third-order valence-electron chi connectivity index (χ3n) is 4.00. The highest BCUT2D eigenvalue weighted by molar-refractivity contribution is 5.81. The fourth-order valence-corrected chi connectivity index (χ4v) is 2.69. The van der Waals surface area contributed by atoms with Gasteiger partial charge in [0.15, 0.2) is 5.96 Å². The van der Waals surface area contributed by atoms with Crippen LogP contribution in [0.3, 0.4) is 0 Å². The molecule has 1 saturated carbocycles. The number of nitrogens with one attached hydrogen (secondary N) is 2. The van der Waals surface area contributed by atoms with Crippen LogP contribution >= 0.6 is 0 Å². The molecule has 5 heteroatoms. The summed E-state index contributed by atoms with van der Waals surface area (Å²) in [6, 6.07) is 0.482. The second-order valence-corrected chi connectivity index (χ2v) is 5.41. The lowest BCUT2D eigenvalue weighted by Crippen LogP contribution is -2.52. The van der Waals surface area contributed by atoms with Crippen molar-refractivity contribution in [1.82, 2.24) is 15.5 Å². The van der Waals surface area contributed by atoms with Gasteiger partial charge in [-0.1, -0.05) is 0 Å². The Morgan fingerprint density at radius 3 is 2.82 bits per heavy atom. The van der Waals surface area contributed by atoms with Crippen LogP contribution in [-0.4, -0.2) is 61.8 Å². The molecule has 0 aromatic heterocycles. The molecule has 2 aliphatic heterocycles. The Kier molecular flexibility index (Phi) is 2.96. The maximum Gasteiger partial charge on any atom is 0.191 e. The molecule has 1 saturated heterocycles. The van der Waals surface area contributed by atoms with Gasteiger partial charge in [0.2, 0.25) is 0 Å². The van der Waals surface area contributed by atoms with Gasteiger partial charge in [-0.3, -0.25) is 9.89 Å². The molecule has 0 aromatic carbocycles. The summed E-state index contributed by atoms with van der Waals surface area (Å²) in [4.78, 5) is 7.03. The van der Waals surface area contributed by atoms with Gasteiger partial charge in [-0.2, -0.15) is 0 Å². The number of nitrogens with zero attached hydrogens (tertiary/aromatic N) is 2. The molecule has 1 atom stereocenters. The van der Waals surface area contributed by atoms with E-state index in [0.717, 1.165) is 45.4 Å². The minimum atomic E-state index is 0.389. The predicted octanol–water partition coefficient (Wildman–Crippen LogP) is -0.211. The third-order valence-corrected chi connectivity index (χ3v) is 4.00. The molecule has 0 radical (unpaired) electrons. The van der Waals surface area contributed by atoms with Crippen LogP contribution in [0, 0.1) is 0 Å². The summed E-state index contributed by atoms with van der Waals surface area (Å²) in [7, 11) is 0. The summed E-state index contributed by atoms with van der Waals surface area (Å²) >= 11 is 0. The zero-order valence-electron chi connectivity index (χ0n) is 10.5. The molecule has 1 unspecified atom stereocenters. The van der Waals surface area contributed by atoms with E-state index in [1.54, 1.807) is 0 Å². The SMILES string of the molecule is CC1CN=C(NCC2(N3CCOCC3)CC2)N1. The van der Waals surface area contributed by atoms with E-state index in [1.807, 2.05) is 0 Å². The zero-order chi connectivity index (χ0) is 11.7. The summed E-state index contributed by atoms with van der Waals surface area (Å²) < 4.78 is 5.42. The highest BCUT2D eigenvalue weighted by atomic mass is 16.5. The minimum Gasteiger partial charge on any atom is -0.379 e. The van der Waals surface area contributed by atoms with Crippen LogP contribution in [0.5, 0.6) is 0 Å². The average molecular weight is 238 g/mol. The molecule has 2 heterocycles. The fourth-order valence-electron chi connectivity index (χ4n) is 2.69. The van der Waals surface area contributed by atoms with E-state index in [4.69, 9.17) is 4.74 Å². The van der Waals surface area contributed by atoms with E-state index in [0.29, 0.717) is 11.6 Å². The quantitative estimate of drug-likeness (QED) is 0.714. The smallest absolute Gasteiger partial charge is 0.191 e. The van der Waals surface area contributed by atoms with Crippen molar-refractivity contribution in [3.63, 3.8) is 0 Å². The lowest BCUT2D eigenvalue weighted by molar-refractivity contribution is 0.0106. The predicted molar refractivity (Wildman–Crippen MR) is 67.3 cm³/mol. The van der Waals surface area contributed by atoms with E-state index in [2.05, 4.69) is 27.4 Å². The minimum absolute atomic E-state index is 0.389. The highest BCUT2D eigenvalue weighted by Gasteiger charge is 2.48. The van der Waals surface area contributed by atoms with Gasteiger partial charge in [-0.05, 0) is 19.8 Å². The Balaban J connectivity index is 1.50. The molecule has 3 rings (SSSR count). The number of hydrogen-bond acceptors (Lipinski definition) is 5. The van der Waals surface area contributed by atoms with Gasteiger partial charge < -0.3 is 15.4 Å². The molecule has 17 heavy (non-hydrogen) atoms. The number of guanidine groups is 1. The second-order valence-electron chi connectivity index (χ2n) is 5.41. The molecular weight excluding hydrogens is 216 g/mol. The summed E-state index contributed by atoms with van der Waals surface area (Å²) in [5, 5.41) is 6.82. The normalized spacial score (nSPS) is 31.8. The Morgan fingerprint density at radius 2 is 2.24 bits per heavy atom. The first-order valence-corrected chi connectivity index (χ1v) is 6.66. The molecular formula is C12H22N4O. The van der Waals surface area contributed by atoms with E-state index < -0.39 is 0 Å². The Hall–Kier alpha value is -0.810. The van der Waals surface area contributed by atoms with Crippen LogP contribution in [0.4, 0.5) is 0 Å². The van der Waals surface area contributed by atoms with Crippen molar-refractivity contribution in [2.45, 2.75) is 31.3 Å². The highest BCUT2D eigenvalue weighted by Crippen LogP contribution is 2.41. The summed E-state index contributed by atoms with van der Waals surface area (Å²) in [5.74, 6) is 0.983. The maximum absolute atomic E-state index is 5.42. The lowest BCUT2D eigenvalue weighted by Gasteiger charge is -2.35. The van der Waals surface area contributed by atoms with Gasteiger partial charge in [-0.25, -0.2) is 0 Å². The van der Waals surface area contributed by atoms with Crippen LogP contribution in [-0.2, 0) is 4.74 Å². The van der Waals surface area contributed by atoms with E-state index in [9.17, 15) is 0 Å². The first kappa shape index (κ1) is 11.3. The number of ether oxygens (including phenoxy) is 1. The van der Waals surface area contributed by atoms with Crippen molar-refractivity contribution < 1.29 is 4.74 Å². The molecule has 0 amide bonds. The molecule has 2 N–H and O–H groups in total. The number of hydrogen-bond donors (Lipinski definition) is 2. The topological polar surface area (TPSA) is 48.9 Å². The van der Waals surface area contributed by atoms with Crippen molar-refractivity contribution >= 4 is 5.96 Å². The first-order valence-electron chi connectivity index (χ1n) is 6.66. The lowest BCUT2D eigenvalue weighted by atomic mass is 10.2. The van der Waals surface area contributed by atoms with Crippen LogP contribution in [0.15, 0.2) is 4.99 Å².